The Morgan fingerprint density at radius 2 is 1.94 bits per heavy atom. The Hall–Kier alpha value is -1.06. The molecular formula is C13H22N2O. The molecule has 0 atom stereocenters. The highest BCUT2D eigenvalue weighted by Gasteiger charge is 2.09. The number of methoxy groups -OCH3 is 1. The summed E-state index contributed by atoms with van der Waals surface area (Å²) in [5, 5.41) is 0. The average molecular weight is 222 g/mol. The van der Waals surface area contributed by atoms with E-state index in [2.05, 4.69) is 13.0 Å². The van der Waals surface area contributed by atoms with Crippen LogP contribution in [0.2, 0.25) is 0 Å². The summed E-state index contributed by atoms with van der Waals surface area (Å²) in [6.07, 6.45) is 2.00. The quantitative estimate of drug-likeness (QED) is 0.766. The van der Waals surface area contributed by atoms with Crippen LogP contribution < -0.4 is 16.2 Å². The molecule has 1 aromatic carbocycles. The third-order valence-electron chi connectivity index (χ3n) is 3.06. The third kappa shape index (κ3) is 3.22. The van der Waals surface area contributed by atoms with Crippen LogP contribution in [0.1, 0.15) is 17.5 Å². The summed E-state index contributed by atoms with van der Waals surface area (Å²) in [6, 6.07) is 6.13. The molecule has 0 spiro atoms. The van der Waals surface area contributed by atoms with Gasteiger partial charge in [0, 0.05) is 0 Å². The minimum atomic E-state index is 0.407. The Morgan fingerprint density at radius 3 is 2.50 bits per heavy atom. The molecule has 0 bridgehead atoms. The van der Waals surface area contributed by atoms with E-state index in [9.17, 15) is 0 Å². The van der Waals surface area contributed by atoms with Crippen LogP contribution >= 0.6 is 0 Å². The third-order valence-corrected chi connectivity index (χ3v) is 3.06. The molecule has 0 fully saturated rings. The van der Waals surface area contributed by atoms with Gasteiger partial charge in [-0.2, -0.15) is 0 Å². The molecular weight excluding hydrogens is 200 g/mol. The Bertz CT molecular complexity index is 322. The van der Waals surface area contributed by atoms with Gasteiger partial charge in [-0.15, -0.1) is 0 Å². The molecule has 0 aliphatic rings. The second kappa shape index (κ2) is 6.51. The molecule has 0 aliphatic heterocycles. The molecule has 1 rings (SSSR count). The fraction of sp³-hybridized carbons (Fsp3) is 0.538. The van der Waals surface area contributed by atoms with Crippen molar-refractivity contribution in [2.45, 2.75) is 19.8 Å². The van der Waals surface area contributed by atoms with Crippen molar-refractivity contribution in [2.75, 3.05) is 20.2 Å². The van der Waals surface area contributed by atoms with Crippen LogP contribution in [0.3, 0.4) is 0 Å². The molecule has 1 aromatic rings. The van der Waals surface area contributed by atoms with Crippen molar-refractivity contribution in [3.8, 4) is 5.75 Å². The van der Waals surface area contributed by atoms with Crippen LogP contribution in [-0.4, -0.2) is 20.2 Å². The van der Waals surface area contributed by atoms with E-state index in [0.29, 0.717) is 19.0 Å². The average Bonchev–Trinajstić information content (AvgIpc) is 2.31. The van der Waals surface area contributed by atoms with Crippen molar-refractivity contribution in [1.29, 1.82) is 0 Å². The highest BCUT2D eigenvalue weighted by Crippen LogP contribution is 2.24. The van der Waals surface area contributed by atoms with Crippen molar-refractivity contribution in [1.82, 2.24) is 0 Å². The zero-order chi connectivity index (χ0) is 12.0. The predicted octanol–water partition coefficient (Wildman–Crippen LogP) is 1.47. The van der Waals surface area contributed by atoms with Crippen LogP contribution in [-0.2, 0) is 6.42 Å². The topological polar surface area (TPSA) is 61.3 Å². The molecule has 0 aliphatic carbocycles. The van der Waals surface area contributed by atoms with E-state index < -0.39 is 0 Å². The van der Waals surface area contributed by atoms with Gasteiger partial charge in [0.2, 0.25) is 0 Å². The van der Waals surface area contributed by atoms with Gasteiger partial charge in [-0.3, -0.25) is 0 Å². The lowest BCUT2D eigenvalue weighted by molar-refractivity contribution is 0.405. The summed E-state index contributed by atoms with van der Waals surface area (Å²) in [4.78, 5) is 0. The van der Waals surface area contributed by atoms with E-state index in [-0.39, 0.29) is 0 Å². The lowest BCUT2D eigenvalue weighted by Crippen LogP contribution is -2.23. The van der Waals surface area contributed by atoms with E-state index in [4.69, 9.17) is 16.2 Å². The van der Waals surface area contributed by atoms with E-state index >= 15 is 0 Å². The van der Waals surface area contributed by atoms with Crippen molar-refractivity contribution in [2.24, 2.45) is 17.4 Å². The van der Waals surface area contributed by atoms with Crippen molar-refractivity contribution in [3.63, 3.8) is 0 Å². The lowest BCUT2D eigenvalue weighted by atomic mass is 9.96. The minimum Gasteiger partial charge on any atom is -0.496 e. The van der Waals surface area contributed by atoms with Crippen molar-refractivity contribution >= 4 is 0 Å². The highest BCUT2D eigenvalue weighted by molar-refractivity contribution is 5.39. The molecule has 0 heterocycles. The molecule has 16 heavy (non-hydrogen) atoms. The first-order valence-electron chi connectivity index (χ1n) is 5.75. The molecule has 3 heteroatoms. The van der Waals surface area contributed by atoms with Gasteiger partial charge in [0.1, 0.15) is 5.75 Å². The number of nitrogens with two attached hydrogens (primary N) is 2. The molecule has 0 saturated heterocycles. The second-order valence-electron chi connectivity index (χ2n) is 4.13. The van der Waals surface area contributed by atoms with Crippen LogP contribution in [0.25, 0.3) is 0 Å². The normalized spacial score (nSPS) is 10.8. The van der Waals surface area contributed by atoms with Gasteiger partial charge in [0.05, 0.1) is 7.11 Å². The number of ether oxygens (including phenoxy) is 1. The SMILES string of the molecule is COc1cccc(C)c1CCC(CN)CN. The maximum atomic E-state index is 5.64. The van der Waals surface area contributed by atoms with Gasteiger partial charge in [0.15, 0.2) is 0 Å². The zero-order valence-electron chi connectivity index (χ0n) is 10.2. The van der Waals surface area contributed by atoms with Crippen LogP contribution in [0.4, 0.5) is 0 Å². The van der Waals surface area contributed by atoms with Gasteiger partial charge in [-0.25, -0.2) is 0 Å². The second-order valence-corrected chi connectivity index (χ2v) is 4.13. The molecule has 0 radical (unpaired) electrons. The van der Waals surface area contributed by atoms with Gasteiger partial charge in [-0.05, 0) is 56.0 Å². The Labute approximate surface area is 97.8 Å². The molecule has 90 valence electrons. The molecule has 0 amide bonds. The number of hydrogen-bond donors (Lipinski definition) is 2. The molecule has 3 nitrogen and oxygen atoms in total. The first-order chi connectivity index (χ1) is 7.72. The number of benzene rings is 1. The molecule has 0 unspecified atom stereocenters. The summed E-state index contributed by atoms with van der Waals surface area (Å²) in [7, 11) is 1.71. The van der Waals surface area contributed by atoms with Gasteiger partial charge in [0.25, 0.3) is 0 Å². The Morgan fingerprint density at radius 1 is 1.25 bits per heavy atom. The maximum absolute atomic E-state index is 5.64. The smallest absolute Gasteiger partial charge is 0.122 e. The number of aryl methyl sites for hydroxylation is 1. The van der Waals surface area contributed by atoms with Gasteiger partial charge < -0.3 is 16.2 Å². The fourth-order valence-electron chi connectivity index (χ4n) is 1.87. The van der Waals surface area contributed by atoms with Crippen LogP contribution in [0.15, 0.2) is 18.2 Å². The zero-order valence-corrected chi connectivity index (χ0v) is 10.2. The predicted molar refractivity (Wildman–Crippen MR) is 67.7 cm³/mol. The van der Waals surface area contributed by atoms with Gasteiger partial charge in [-0.1, -0.05) is 12.1 Å². The standard InChI is InChI=1S/C13H22N2O/c1-10-4-3-5-13(16-2)12(10)7-6-11(8-14)9-15/h3-5,11H,6-9,14-15H2,1-2H3. The summed E-state index contributed by atoms with van der Waals surface area (Å²) in [6.45, 7) is 3.42. The van der Waals surface area contributed by atoms with Crippen molar-refractivity contribution in [3.05, 3.63) is 29.3 Å². The summed E-state index contributed by atoms with van der Waals surface area (Å²) in [5.74, 6) is 1.37. The number of hydrogen-bond acceptors (Lipinski definition) is 3. The summed E-state index contributed by atoms with van der Waals surface area (Å²) in [5.41, 5.74) is 13.8. The van der Waals surface area contributed by atoms with E-state index in [0.717, 1.165) is 18.6 Å². The monoisotopic (exact) mass is 222 g/mol. The van der Waals surface area contributed by atoms with E-state index in [1.54, 1.807) is 7.11 Å². The summed E-state index contributed by atoms with van der Waals surface area (Å²) >= 11 is 0. The lowest BCUT2D eigenvalue weighted by Gasteiger charge is -2.15. The molecule has 0 aromatic heterocycles. The largest absolute Gasteiger partial charge is 0.496 e. The van der Waals surface area contributed by atoms with Gasteiger partial charge >= 0.3 is 0 Å². The minimum absolute atomic E-state index is 0.407. The Kier molecular flexibility index (Phi) is 5.29. The first-order valence-corrected chi connectivity index (χ1v) is 5.75. The number of rotatable bonds is 6. The van der Waals surface area contributed by atoms with Crippen LogP contribution in [0.5, 0.6) is 5.75 Å². The van der Waals surface area contributed by atoms with E-state index in [1.165, 1.54) is 11.1 Å². The summed E-state index contributed by atoms with van der Waals surface area (Å²) < 4.78 is 5.36. The highest BCUT2D eigenvalue weighted by atomic mass is 16.5. The molecule has 4 N–H and O–H groups in total. The maximum Gasteiger partial charge on any atom is 0.122 e. The Balaban J connectivity index is 2.72. The van der Waals surface area contributed by atoms with Crippen LogP contribution in [0, 0.1) is 12.8 Å². The van der Waals surface area contributed by atoms with Crippen molar-refractivity contribution < 1.29 is 4.74 Å². The first kappa shape index (κ1) is 13.0. The van der Waals surface area contributed by atoms with E-state index in [1.807, 2.05) is 12.1 Å². The molecule has 0 saturated carbocycles. The fourth-order valence-corrected chi connectivity index (χ4v) is 1.87.